The number of rotatable bonds is 3. The van der Waals surface area contributed by atoms with Crippen molar-refractivity contribution in [3.63, 3.8) is 0 Å². The second-order valence-electron chi connectivity index (χ2n) is 8.84. The van der Waals surface area contributed by atoms with Gasteiger partial charge < -0.3 is 14.7 Å². The smallest absolute Gasteiger partial charge is 0.416 e. The first-order valence-electron chi connectivity index (χ1n) is 10.9. The van der Waals surface area contributed by atoms with Crippen LogP contribution in [0.25, 0.3) is 0 Å². The Hall–Kier alpha value is -3.10. The lowest BCUT2D eigenvalue weighted by Gasteiger charge is -2.40. The predicted octanol–water partition coefficient (Wildman–Crippen LogP) is 5.51. The molecule has 1 saturated carbocycles. The number of ether oxygens (including phenoxy) is 1. The summed E-state index contributed by atoms with van der Waals surface area (Å²) in [7, 11) is 3.38. The minimum atomic E-state index is -4.45. The summed E-state index contributed by atoms with van der Waals surface area (Å²) in [5.74, 6) is 0.0685. The zero-order chi connectivity index (χ0) is 25.4. The van der Waals surface area contributed by atoms with E-state index in [0.717, 1.165) is 24.1 Å². The van der Waals surface area contributed by atoms with Gasteiger partial charge in [0.15, 0.2) is 11.2 Å². The van der Waals surface area contributed by atoms with Crippen LogP contribution in [0.5, 0.6) is 5.75 Å². The van der Waals surface area contributed by atoms with Crippen LogP contribution in [0.4, 0.5) is 13.2 Å². The van der Waals surface area contributed by atoms with E-state index in [9.17, 15) is 23.1 Å². The van der Waals surface area contributed by atoms with Crippen molar-refractivity contribution in [3.8, 4) is 5.75 Å². The van der Waals surface area contributed by atoms with Crippen LogP contribution in [0.2, 0.25) is 5.02 Å². The second-order valence-corrected chi connectivity index (χ2v) is 9.28. The molecule has 0 saturated heterocycles. The first-order chi connectivity index (χ1) is 16.5. The molecule has 3 unspecified atom stereocenters. The fourth-order valence-electron chi connectivity index (χ4n) is 4.96. The summed E-state index contributed by atoms with van der Waals surface area (Å²) in [5, 5.41) is 12.2. The molecule has 184 valence electrons. The zero-order valence-electron chi connectivity index (χ0n) is 19.1. The van der Waals surface area contributed by atoms with E-state index in [2.05, 4.69) is 4.98 Å². The van der Waals surface area contributed by atoms with Crippen LogP contribution in [0, 0.1) is 0 Å². The van der Waals surface area contributed by atoms with Crippen molar-refractivity contribution in [3.05, 3.63) is 94.3 Å². The minimum absolute atomic E-state index is 0.284. The summed E-state index contributed by atoms with van der Waals surface area (Å²) in [6.07, 6.45) is -1.31. The number of carbonyl (C=O) groups excluding carboxylic acids is 1. The standard InChI is InChI=1S/C23H17ClF3NO2.C3H7NO/c24-17-12-19-20(28-13-17)21(29)11-10-18(14-4-2-1-3-5-14)22(21,30-19)15-6-8-16(9-7-15)23(25,26)27;1-4(2)3-5/h1-9,12-13,18,29H,10-11H2;3H,1-2H3. The normalized spacial score (nSPS) is 24.5. The Morgan fingerprint density at radius 3 is 2.34 bits per heavy atom. The van der Waals surface area contributed by atoms with E-state index in [1.807, 2.05) is 30.3 Å². The summed E-state index contributed by atoms with van der Waals surface area (Å²) in [5.41, 5.74) is -1.78. The van der Waals surface area contributed by atoms with E-state index < -0.39 is 22.9 Å². The van der Waals surface area contributed by atoms with Crippen LogP contribution < -0.4 is 4.74 Å². The SMILES string of the molecule is CN(C)C=O.OC12CCC(c3ccccc3)C1(c1ccc(C(F)(F)F)cc1)Oc1cc(Cl)cnc12. The molecule has 1 aliphatic carbocycles. The van der Waals surface area contributed by atoms with Crippen molar-refractivity contribution in [1.82, 2.24) is 9.88 Å². The van der Waals surface area contributed by atoms with Gasteiger partial charge in [-0.3, -0.25) is 9.78 Å². The molecule has 1 aliphatic heterocycles. The molecule has 0 radical (unpaired) electrons. The predicted molar refractivity (Wildman–Crippen MR) is 125 cm³/mol. The number of halogens is 4. The molecule has 2 heterocycles. The highest BCUT2D eigenvalue weighted by atomic mass is 35.5. The molecule has 5 rings (SSSR count). The topological polar surface area (TPSA) is 62.7 Å². The lowest BCUT2D eigenvalue weighted by molar-refractivity contribution is -0.137. The van der Waals surface area contributed by atoms with Crippen LogP contribution >= 0.6 is 11.6 Å². The number of aliphatic hydroxyl groups is 1. The molecule has 0 bridgehead atoms. The Balaban J connectivity index is 0.000000527. The maximum atomic E-state index is 13.1. The molecular formula is C26H24ClF3N2O3. The minimum Gasteiger partial charge on any atom is -0.476 e. The average Bonchev–Trinajstić information content (AvgIpc) is 3.26. The number of benzene rings is 2. The number of hydrogen-bond donors (Lipinski definition) is 1. The fraction of sp³-hybridized carbons (Fsp3) is 0.308. The fourth-order valence-corrected chi connectivity index (χ4v) is 5.10. The van der Waals surface area contributed by atoms with E-state index in [1.54, 1.807) is 20.2 Å². The Bertz CT molecular complexity index is 1200. The highest BCUT2D eigenvalue weighted by molar-refractivity contribution is 6.30. The monoisotopic (exact) mass is 504 g/mol. The molecule has 3 atom stereocenters. The Kier molecular flexibility index (Phi) is 6.55. The molecule has 2 aromatic carbocycles. The number of amides is 1. The number of carbonyl (C=O) groups is 1. The summed E-state index contributed by atoms with van der Waals surface area (Å²) in [4.78, 5) is 15.2. The van der Waals surface area contributed by atoms with Crippen LogP contribution in [-0.4, -0.2) is 35.5 Å². The van der Waals surface area contributed by atoms with E-state index in [4.69, 9.17) is 16.3 Å². The maximum absolute atomic E-state index is 13.1. The molecule has 1 aromatic heterocycles. The molecule has 9 heteroatoms. The molecule has 1 N–H and O–H groups in total. The van der Waals surface area contributed by atoms with Gasteiger partial charge in [-0.15, -0.1) is 0 Å². The van der Waals surface area contributed by atoms with Crippen molar-refractivity contribution < 1.29 is 27.8 Å². The van der Waals surface area contributed by atoms with Gasteiger partial charge in [0, 0.05) is 32.3 Å². The third-order valence-electron chi connectivity index (χ3n) is 6.44. The first-order valence-corrected chi connectivity index (χ1v) is 11.3. The third kappa shape index (κ3) is 4.25. The molecule has 3 aromatic rings. The van der Waals surface area contributed by atoms with Gasteiger partial charge in [-0.25, -0.2) is 0 Å². The highest BCUT2D eigenvalue weighted by Gasteiger charge is 2.69. The largest absolute Gasteiger partial charge is 0.476 e. The van der Waals surface area contributed by atoms with Gasteiger partial charge in [-0.1, -0.05) is 54.1 Å². The molecule has 1 amide bonds. The summed E-state index contributed by atoms with van der Waals surface area (Å²) < 4.78 is 45.8. The molecule has 0 spiro atoms. The van der Waals surface area contributed by atoms with Crippen LogP contribution in [-0.2, 0) is 22.2 Å². The van der Waals surface area contributed by atoms with E-state index in [-0.39, 0.29) is 5.92 Å². The quantitative estimate of drug-likeness (QED) is 0.478. The van der Waals surface area contributed by atoms with Gasteiger partial charge in [-0.2, -0.15) is 13.2 Å². The van der Waals surface area contributed by atoms with E-state index >= 15 is 0 Å². The van der Waals surface area contributed by atoms with Gasteiger partial charge >= 0.3 is 6.18 Å². The molecule has 1 fully saturated rings. The molecule has 35 heavy (non-hydrogen) atoms. The molecule has 2 aliphatic rings. The number of fused-ring (bicyclic) bond motifs is 3. The number of alkyl halides is 3. The van der Waals surface area contributed by atoms with Gasteiger partial charge in [0.05, 0.1) is 10.6 Å². The lowest BCUT2D eigenvalue weighted by Crippen LogP contribution is -2.48. The summed E-state index contributed by atoms with van der Waals surface area (Å²) in [6.45, 7) is 0. The third-order valence-corrected chi connectivity index (χ3v) is 6.64. The number of hydrogen-bond acceptors (Lipinski definition) is 4. The first kappa shape index (κ1) is 25.0. The van der Waals surface area contributed by atoms with Gasteiger partial charge in [0.25, 0.3) is 0 Å². The Morgan fingerprint density at radius 1 is 1.14 bits per heavy atom. The second kappa shape index (κ2) is 9.17. The Labute approximate surface area is 206 Å². The van der Waals surface area contributed by atoms with Gasteiger partial charge in [0.1, 0.15) is 11.4 Å². The van der Waals surface area contributed by atoms with Crippen molar-refractivity contribution in [2.75, 3.05) is 14.1 Å². The summed E-state index contributed by atoms with van der Waals surface area (Å²) in [6, 6.07) is 16.0. The average molecular weight is 505 g/mol. The molecule has 5 nitrogen and oxygen atoms in total. The van der Waals surface area contributed by atoms with Crippen LogP contribution in [0.3, 0.4) is 0 Å². The number of aromatic nitrogens is 1. The van der Waals surface area contributed by atoms with Crippen molar-refractivity contribution in [2.24, 2.45) is 0 Å². The Morgan fingerprint density at radius 2 is 1.77 bits per heavy atom. The lowest BCUT2D eigenvalue weighted by atomic mass is 9.72. The van der Waals surface area contributed by atoms with E-state index in [0.29, 0.717) is 34.9 Å². The van der Waals surface area contributed by atoms with Crippen molar-refractivity contribution in [1.29, 1.82) is 0 Å². The van der Waals surface area contributed by atoms with Gasteiger partial charge in [-0.05, 0) is 36.1 Å². The highest BCUT2D eigenvalue weighted by Crippen LogP contribution is 2.66. The van der Waals surface area contributed by atoms with Crippen molar-refractivity contribution in [2.45, 2.75) is 36.1 Å². The zero-order valence-corrected chi connectivity index (χ0v) is 19.8. The summed E-state index contributed by atoms with van der Waals surface area (Å²) >= 11 is 6.09. The number of pyridine rings is 1. The van der Waals surface area contributed by atoms with E-state index in [1.165, 1.54) is 23.2 Å². The maximum Gasteiger partial charge on any atom is 0.416 e. The van der Waals surface area contributed by atoms with Crippen molar-refractivity contribution >= 4 is 18.0 Å². The van der Waals surface area contributed by atoms with Gasteiger partial charge in [0.2, 0.25) is 6.41 Å². The number of nitrogens with zero attached hydrogens (tertiary/aromatic N) is 2. The molecular weight excluding hydrogens is 481 g/mol. The van der Waals surface area contributed by atoms with Crippen LogP contribution in [0.1, 0.15) is 41.1 Å². The van der Waals surface area contributed by atoms with Crippen LogP contribution in [0.15, 0.2) is 66.9 Å².